The van der Waals surface area contributed by atoms with Gasteiger partial charge in [0.2, 0.25) is 5.91 Å². The first-order valence-corrected chi connectivity index (χ1v) is 15.5. The summed E-state index contributed by atoms with van der Waals surface area (Å²) in [4.78, 5) is 38.5. The average molecular weight is 581 g/mol. The van der Waals surface area contributed by atoms with Gasteiger partial charge < -0.3 is 20.1 Å². The fourth-order valence-electron chi connectivity index (χ4n) is 7.85. The van der Waals surface area contributed by atoms with Gasteiger partial charge in [-0.1, -0.05) is 72.8 Å². The van der Waals surface area contributed by atoms with Gasteiger partial charge in [0, 0.05) is 12.1 Å². The summed E-state index contributed by atoms with van der Waals surface area (Å²) in [5, 5.41) is 5.60. The topological polar surface area (TPSA) is 93.7 Å². The minimum Gasteiger partial charge on any atom is -0.461 e. The lowest BCUT2D eigenvalue weighted by molar-refractivity contribution is -0.145. The predicted molar refractivity (Wildman–Crippen MR) is 164 cm³/mol. The highest BCUT2D eigenvalue weighted by atomic mass is 16.5. The van der Waals surface area contributed by atoms with Crippen molar-refractivity contribution in [3.8, 4) is 0 Å². The van der Waals surface area contributed by atoms with E-state index in [-0.39, 0.29) is 31.5 Å². The number of nitrogens with one attached hydrogen (secondary N) is 2. The molecule has 7 heteroatoms. The maximum atomic E-state index is 13.4. The Kier molecular flexibility index (Phi) is 8.77. The minimum absolute atomic E-state index is 0.0329. The lowest BCUT2D eigenvalue weighted by Gasteiger charge is -2.57. The van der Waals surface area contributed by atoms with Crippen molar-refractivity contribution in [3.05, 3.63) is 102 Å². The lowest BCUT2D eigenvalue weighted by atomic mass is 9.48. The third-order valence-corrected chi connectivity index (χ3v) is 9.50. The van der Waals surface area contributed by atoms with Gasteiger partial charge >= 0.3 is 12.1 Å². The molecule has 0 aliphatic heterocycles. The van der Waals surface area contributed by atoms with Crippen LogP contribution in [-0.4, -0.2) is 24.0 Å². The molecule has 0 spiro atoms. The number of esters is 1. The van der Waals surface area contributed by atoms with Crippen molar-refractivity contribution >= 4 is 23.7 Å². The molecule has 224 valence electrons. The van der Waals surface area contributed by atoms with Crippen molar-refractivity contribution in [1.29, 1.82) is 0 Å². The Morgan fingerprint density at radius 1 is 0.721 bits per heavy atom. The number of rotatable bonds is 11. The molecule has 2 N–H and O–H groups in total. The molecule has 0 aromatic heterocycles. The van der Waals surface area contributed by atoms with Crippen molar-refractivity contribution in [2.75, 3.05) is 5.32 Å². The van der Waals surface area contributed by atoms with Crippen molar-refractivity contribution in [2.45, 2.75) is 76.0 Å². The van der Waals surface area contributed by atoms with Gasteiger partial charge in [-0.3, -0.25) is 9.59 Å². The van der Waals surface area contributed by atoms with Crippen LogP contribution in [-0.2, 0) is 37.7 Å². The first-order chi connectivity index (χ1) is 20.9. The van der Waals surface area contributed by atoms with E-state index in [4.69, 9.17) is 9.47 Å². The molecule has 3 aromatic carbocycles. The van der Waals surface area contributed by atoms with E-state index in [9.17, 15) is 14.4 Å². The summed E-state index contributed by atoms with van der Waals surface area (Å²) in [6.07, 6.45) is 7.35. The second kappa shape index (κ2) is 13.0. The normalized spacial score (nSPS) is 24.1. The minimum atomic E-state index is -0.977. The monoisotopic (exact) mass is 580 g/mol. The van der Waals surface area contributed by atoms with Crippen LogP contribution in [0, 0.1) is 17.8 Å². The van der Waals surface area contributed by atoms with Crippen LogP contribution in [0.1, 0.15) is 68.1 Å². The van der Waals surface area contributed by atoms with Crippen molar-refractivity contribution < 1.29 is 23.9 Å². The fraction of sp³-hybridized carbons (Fsp3) is 0.417. The zero-order chi connectivity index (χ0) is 29.6. The Balaban J connectivity index is 1.07. The zero-order valence-electron chi connectivity index (χ0n) is 24.5. The number of ether oxygens (including phenoxy) is 2. The number of carbonyl (C=O) groups is 3. The number of benzene rings is 3. The molecular formula is C36H40N2O5. The largest absolute Gasteiger partial charge is 0.461 e. The maximum absolute atomic E-state index is 13.4. The van der Waals surface area contributed by atoms with Gasteiger partial charge in [0.1, 0.15) is 19.3 Å². The molecular weight excluding hydrogens is 540 g/mol. The number of alkyl carbamates (subject to hydrolysis) is 1. The number of amides is 2. The van der Waals surface area contributed by atoms with Crippen LogP contribution in [0.25, 0.3) is 0 Å². The molecule has 4 aliphatic carbocycles. The van der Waals surface area contributed by atoms with E-state index in [0.29, 0.717) is 5.69 Å². The molecule has 4 aliphatic rings. The zero-order valence-corrected chi connectivity index (χ0v) is 24.5. The van der Waals surface area contributed by atoms with E-state index < -0.39 is 24.0 Å². The molecule has 43 heavy (non-hydrogen) atoms. The average Bonchev–Trinajstić information content (AvgIpc) is 3.01. The highest BCUT2D eigenvalue weighted by Crippen LogP contribution is 2.60. The quantitative estimate of drug-likeness (QED) is 0.240. The molecule has 7 rings (SSSR count). The van der Waals surface area contributed by atoms with Crippen molar-refractivity contribution in [3.63, 3.8) is 0 Å². The van der Waals surface area contributed by atoms with Gasteiger partial charge in [-0.15, -0.1) is 0 Å². The van der Waals surface area contributed by atoms with Crippen LogP contribution in [0.5, 0.6) is 0 Å². The molecule has 2 amide bonds. The molecule has 0 saturated heterocycles. The smallest absolute Gasteiger partial charge is 0.408 e. The number of carbonyl (C=O) groups excluding carboxylic acids is 3. The van der Waals surface area contributed by atoms with E-state index in [2.05, 4.69) is 22.8 Å². The molecule has 7 nitrogen and oxygen atoms in total. The highest BCUT2D eigenvalue weighted by Gasteiger charge is 2.51. The molecule has 3 aromatic rings. The van der Waals surface area contributed by atoms with Gasteiger partial charge in [0.15, 0.2) is 0 Å². The SMILES string of the molecule is O=C(CC[C@H](NC(=O)OCc1ccccc1)C(=O)Nc1ccc(C23CC4CC(CC(C4)C2)C3)cc1)OCc1ccccc1. The summed E-state index contributed by atoms with van der Waals surface area (Å²) >= 11 is 0. The Labute approximate surface area is 253 Å². The second-order valence-electron chi connectivity index (χ2n) is 12.7. The van der Waals surface area contributed by atoms with Crippen LogP contribution in [0.2, 0.25) is 0 Å². The van der Waals surface area contributed by atoms with E-state index in [1.165, 1.54) is 44.1 Å². The third-order valence-electron chi connectivity index (χ3n) is 9.50. The molecule has 0 radical (unpaired) electrons. The van der Waals surface area contributed by atoms with Crippen molar-refractivity contribution in [2.24, 2.45) is 17.8 Å². The Bertz CT molecular complexity index is 1370. The first-order valence-electron chi connectivity index (χ1n) is 15.5. The summed E-state index contributed by atoms with van der Waals surface area (Å²) in [5.41, 5.74) is 4.04. The molecule has 4 saturated carbocycles. The maximum Gasteiger partial charge on any atom is 0.408 e. The van der Waals surface area contributed by atoms with E-state index in [1.54, 1.807) is 0 Å². The highest BCUT2D eigenvalue weighted by molar-refractivity contribution is 5.96. The fourth-order valence-corrected chi connectivity index (χ4v) is 7.85. The Morgan fingerprint density at radius 2 is 1.26 bits per heavy atom. The number of hydrogen-bond donors (Lipinski definition) is 2. The van der Waals surface area contributed by atoms with Gasteiger partial charge in [0.05, 0.1) is 0 Å². The number of hydrogen-bond acceptors (Lipinski definition) is 5. The predicted octanol–water partition coefficient (Wildman–Crippen LogP) is 6.91. The van der Waals surface area contributed by atoms with Gasteiger partial charge in [-0.05, 0) is 96.9 Å². The summed E-state index contributed by atoms with van der Waals surface area (Å²) < 4.78 is 10.7. The van der Waals surface area contributed by atoms with Gasteiger partial charge in [0.25, 0.3) is 0 Å². The molecule has 4 fully saturated rings. The lowest BCUT2D eigenvalue weighted by Crippen LogP contribution is -2.48. The van der Waals surface area contributed by atoms with E-state index >= 15 is 0 Å². The van der Waals surface area contributed by atoms with Gasteiger partial charge in [-0.2, -0.15) is 0 Å². The molecule has 4 bridgehead atoms. The van der Waals surface area contributed by atoms with E-state index in [0.717, 1.165) is 28.9 Å². The van der Waals surface area contributed by atoms with Crippen molar-refractivity contribution in [1.82, 2.24) is 5.32 Å². The Hall–Kier alpha value is -4.13. The first kappa shape index (κ1) is 29.0. The molecule has 0 unspecified atom stereocenters. The van der Waals surface area contributed by atoms with Crippen LogP contribution < -0.4 is 10.6 Å². The summed E-state index contributed by atoms with van der Waals surface area (Å²) in [6.45, 7) is 0.227. The van der Waals surface area contributed by atoms with E-state index in [1.807, 2.05) is 72.8 Å². The number of anilines is 1. The summed E-state index contributed by atoms with van der Waals surface area (Å²) in [7, 11) is 0. The van der Waals surface area contributed by atoms with Crippen LogP contribution in [0.15, 0.2) is 84.9 Å². The Morgan fingerprint density at radius 3 is 1.81 bits per heavy atom. The third kappa shape index (κ3) is 7.27. The van der Waals surface area contributed by atoms with Crippen LogP contribution in [0.3, 0.4) is 0 Å². The van der Waals surface area contributed by atoms with Crippen LogP contribution in [0.4, 0.5) is 10.5 Å². The van der Waals surface area contributed by atoms with Gasteiger partial charge in [-0.25, -0.2) is 4.79 Å². The molecule has 1 atom stereocenters. The summed E-state index contributed by atoms with van der Waals surface area (Å²) in [5.74, 6) is 1.73. The standard InChI is InChI=1S/C36H40N2O5/c39-33(42-23-25-7-3-1-4-8-25)16-15-32(38-35(41)43-24-26-9-5-2-6-10-26)34(40)37-31-13-11-30(12-14-31)36-20-27-17-28(21-36)19-29(18-27)22-36/h1-14,27-29,32H,15-24H2,(H,37,40)(H,38,41)/t27?,28?,29?,32-,36?/m0/s1. The molecule has 0 heterocycles. The van der Waals surface area contributed by atoms with Crippen LogP contribution >= 0.6 is 0 Å². The second-order valence-corrected chi connectivity index (χ2v) is 12.7. The summed E-state index contributed by atoms with van der Waals surface area (Å²) in [6, 6.07) is 26.0.